The van der Waals surface area contributed by atoms with Crippen LogP contribution in [-0.2, 0) is 14.3 Å². The molecule has 1 aromatic heterocycles. The molecule has 9 nitrogen and oxygen atoms in total. The van der Waals surface area contributed by atoms with E-state index in [-0.39, 0.29) is 18.0 Å². The van der Waals surface area contributed by atoms with Gasteiger partial charge < -0.3 is 26.0 Å². The summed E-state index contributed by atoms with van der Waals surface area (Å²) < 4.78 is 5.38. The summed E-state index contributed by atoms with van der Waals surface area (Å²) in [5.74, 6) is -0.353. The van der Waals surface area contributed by atoms with E-state index in [9.17, 15) is 9.59 Å². The molecule has 9 heteroatoms. The lowest BCUT2D eigenvalue weighted by Gasteiger charge is -2.21. The second kappa shape index (κ2) is 14.1. The van der Waals surface area contributed by atoms with Crippen LogP contribution >= 0.6 is 0 Å². The van der Waals surface area contributed by atoms with E-state index in [1.165, 1.54) is 5.57 Å². The third-order valence-electron chi connectivity index (χ3n) is 7.46. The number of nitrogens with one attached hydrogen (secondary N) is 4. The van der Waals surface area contributed by atoms with Crippen molar-refractivity contribution in [2.75, 3.05) is 37.4 Å². The number of aryl methyl sites for hydroxylation is 1. The number of nitrogens with zero attached hydrogens (tertiary/aromatic N) is 2. The number of carbonyl (C=O) groups is 2. The van der Waals surface area contributed by atoms with Gasteiger partial charge in [0.1, 0.15) is 6.17 Å². The minimum absolute atomic E-state index is 0.0864. The monoisotopic (exact) mass is 558 g/mol. The summed E-state index contributed by atoms with van der Waals surface area (Å²) in [6, 6.07) is 2.16. The number of hydrogen-bond donors (Lipinski definition) is 4. The predicted molar refractivity (Wildman–Crippen MR) is 164 cm³/mol. The number of amides is 2. The van der Waals surface area contributed by atoms with Crippen LogP contribution in [0.1, 0.15) is 45.2 Å². The number of carbonyl (C=O) groups excluding carboxylic acids is 2. The van der Waals surface area contributed by atoms with Gasteiger partial charge in [0, 0.05) is 25.0 Å². The molecule has 2 amide bonds. The van der Waals surface area contributed by atoms with Crippen molar-refractivity contribution in [1.82, 2.24) is 20.5 Å². The van der Waals surface area contributed by atoms with Crippen molar-refractivity contribution in [3.05, 3.63) is 89.1 Å². The molecule has 0 spiro atoms. The zero-order chi connectivity index (χ0) is 29.4. The van der Waals surface area contributed by atoms with Crippen LogP contribution in [0, 0.1) is 6.92 Å². The normalized spacial score (nSPS) is 20.7. The van der Waals surface area contributed by atoms with Crippen LogP contribution in [0.15, 0.2) is 83.4 Å². The standard InChI is InChI=1S/C32H42N6O3/c1-6-9-23(20-41-5)13-24(10-7-2)29-15-25-14-26(17-34-31(25)36-29)32(40)37-28-16-27(18-33-22(28)4)35-30(39)19-38-12-8-11-21(38)3/h7,10,13-18,21,31,34,36H,2,6,8-9,11-12,19-20H2,1,3-5H3,(H,35,39)(H,37,40)/b23-13+,24-10+. The predicted octanol–water partition coefficient (Wildman–Crippen LogP) is 4.46. The van der Waals surface area contributed by atoms with E-state index in [0.717, 1.165) is 49.1 Å². The highest BCUT2D eigenvalue weighted by molar-refractivity contribution is 6.06. The number of allylic oxidation sites excluding steroid dienone is 3. The fourth-order valence-corrected chi connectivity index (χ4v) is 5.28. The zero-order valence-corrected chi connectivity index (χ0v) is 24.5. The van der Waals surface area contributed by atoms with Crippen molar-refractivity contribution < 1.29 is 14.3 Å². The number of likely N-dealkylation sites (tertiary alicyclic amines) is 1. The van der Waals surface area contributed by atoms with E-state index in [1.54, 1.807) is 31.6 Å². The van der Waals surface area contributed by atoms with Gasteiger partial charge in [-0.15, -0.1) is 0 Å². The molecule has 0 bridgehead atoms. The molecule has 2 unspecified atom stereocenters. The van der Waals surface area contributed by atoms with Gasteiger partial charge in [0.15, 0.2) is 0 Å². The first-order valence-corrected chi connectivity index (χ1v) is 14.3. The molecule has 4 N–H and O–H groups in total. The molecule has 218 valence electrons. The van der Waals surface area contributed by atoms with Gasteiger partial charge >= 0.3 is 0 Å². The van der Waals surface area contributed by atoms with E-state index in [2.05, 4.69) is 57.7 Å². The smallest absolute Gasteiger partial charge is 0.257 e. The Balaban J connectivity index is 1.44. The second-order valence-electron chi connectivity index (χ2n) is 10.7. The number of anilines is 2. The third kappa shape index (κ3) is 7.83. The lowest BCUT2D eigenvalue weighted by molar-refractivity contribution is -0.117. The lowest BCUT2D eigenvalue weighted by atomic mass is 10.0. The summed E-state index contributed by atoms with van der Waals surface area (Å²) in [5, 5.41) is 12.7. The summed E-state index contributed by atoms with van der Waals surface area (Å²) in [6.45, 7) is 11.8. The molecule has 1 fully saturated rings. The molecule has 4 heterocycles. The maximum Gasteiger partial charge on any atom is 0.257 e. The van der Waals surface area contributed by atoms with Crippen LogP contribution in [0.2, 0.25) is 0 Å². The number of rotatable bonds is 12. The van der Waals surface area contributed by atoms with Crippen molar-refractivity contribution in [3.63, 3.8) is 0 Å². The van der Waals surface area contributed by atoms with Crippen molar-refractivity contribution in [2.24, 2.45) is 0 Å². The van der Waals surface area contributed by atoms with Crippen LogP contribution in [0.4, 0.5) is 11.4 Å². The van der Waals surface area contributed by atoms with Crippen molar-refractivity contribution in [3.8, 4) is 0 Å². The summed E-state index contributed by atoms with van der Waals surface area (Å²) in [7, 11) is 1.70. The van der Waals surface area contributed by atoms with Crippen LogP contribution in [0.3, 0.4) is 0 Å². The Bertz CT molecular complexity index is 1310. The van der Waals surface area contributed by atoms with Crippen molar-refractivity contribution in [1.29, 1.82) is 0 Å². The number of methoxy groups -OCH3 is 1. The first-order valence-electron chi connectivity index (χ1n) is 14.3. The Morgan fingerprint density at radius 1 is 1.29 bits per heavy atom. The average Bonchev–Trinajstić information content (AvgIpc) is 3.55. The minimum atomic E-state index is -0.267. The highest BCUT2D eigenvalue weighted by atomic mass is 16.5. The SMILES string of the molecule is C=C/C=C(\C=C(/CCC)COC)C1=CC2=CC(C(=O)Nc3cc(NC(=O)CN4CCCC4C)cnc3C)=CNC2N1. The molecule has 3 aliphatic heterocycles. The molecule has 41 heavy (non-hydrogen) atoms. The van der Waals surface area contributed by atoms with Crippen LogP contribution in [-0.4, -0.2) is 60.7 Å². The summed E-state index contributed by atoms with van der Waals surface area (Å²) in [5.41, 5.74) is 6.35. The highest BCUT2D eigenvalue weighted by Gasteiger charge is 2.26. The van der Waals surface area contributed by atoms with Gasteiger partial charge in [-0.3, -0.25) is 19.5 Å². The number of pyridine rings is 1. The topological polar surface area (TPSA) is 108 Å². The maximum atomic E-state index is 13.2. The van der Waals surface area contributed by atoms with Crippen molar-refractivity contribution in [2.45, 2.75) is 58.7 Å². The highest BCUT2D eigenvalue weighted by Crippen LogP contribution is 2.27. The number of aromatic nitrogens is 1. The second-order valence-corrected chi connectivity index (χ2v) is 10.7. The Morgan fingerprint density at radius 2 is 2.12 bits per heavy atom. The Hall–Kier alpha value is -3.95. The average molecular weight is 559 g/mol. The van der Waals surface area contributed by atoms with Crippen molar-refractivity contribution >= 4 is 23.2 Å². The summed E-state index contributed by atoms with van der Waals surface area (Å²) >= 11 is 0. The molecule has 0 aromatic carbocycles. The fraction of sp³-hybridized carbons (Fsp3) is 0.406. The first kappa shape index (κ1) is 30.0. The number of dihydropyridines is 1. The maximum absolute atomic E-state index is 13.2. The van der Waals surface area contributed by atoms with E-state index in [0.29, 0.717) is 41.8 Å². The molecule has 4 rings (SSSR count). The Morgan fingerprint density at radius 3 is 2.83 bits per heavy atom. The van der Waals surface area contributed by atoms with Gasteiger partial charge in [0.25, 0.3) is 5.91 Å². The molecule has 1 saturated heterocycles. The fourth-order valence-electron chi connectivity index (χ4n) is 5.28. The zero-order valence-electron chi connectivity index (χ0n) is 24.5. The van der Waals surface area contributed by atoms with Gasteiger partial charge in [-0.05, 0) is 74.6 Å². The number of fused-ring (bicyclic) bond motifs is 1. The van der Waals surface area contributed by atoms with Gasteiger partial charge in [-0.25, -0.2) is 0 Å². The third-order valence-corrected chi connectivity index (χ3v) is 7.46. The molecule has 0 saturated carbocycles. The molecular weight excluding hydrogens is 516 g/mol. The molecule has 1 aromatic rings. The van der Waals surface area contributed by atoms with E-state index < -0.39 is 0 Å². The summed E-state index contributed by atoms with van der Waals surface area (Å²) in [4.78, 5) is 32.4. The first-order chi connectivity index (χ1) is 19.8. The number of hydrogen-bond acceptors (Lipinski definition) is 7. The molecular formula is C32H42N6O3. The van der Waals surface area contributed by atoms with Crippen LogP contribution in [0.5, 0.6) is 0 Å². The van der Waals surface area contributed by atoms with Gasteiger partial charge in [0.2, 0.25) is 5.91 Å². The minimum Gasteiger partial charge on any atom is -0.380 e. The Kier molecular flexibility index (Phi) is 10.3. The van der Waals surface area contributed by atoms with E-state index >= 15 is 0 Å². The van der Waals surface area contributed by atoms with E-state index in [1.807, 2.05) is 25.2 Å². The largest absolute Gasteiger partial charge is 0.380 e. The molecule has 0 radical (unpaired) electrons. The Labute approximate surface area is 243 Å². The van der Waals surface area contributed by atoms with Crippen LogP contribution in [0.25, 0.3) is 0 Å². The quantitative estimate of drug-likeness (QED) is 0.281. The molecule has 0 aliphatic carbocycles. The van der Waals surface area contributed by atoms with E-state index in [4.69, 9.17) is 4.74 Å². The van der Waals surface area contributed by atoms with Gasteiger partial charge in [-0.2, -0.15) is 0 Å². The number of ether oxygens (including phenoxy) is 1. The molecule has 3 aliphatic rings. The molecule has 2 atom stereocenters. The van der Waals surface area contributed by atoms with Crippen LogP contribution < -0.4 is 21.3 Å². The summed E-state index contributed by atoms with van der Waals surface area (Å²) in [6.07, 6.45) is 17.2. The van der Waals surface area contributed by atoms with Gasteiger partial charge in [0.05, 0.1) is 42.0 Å². The lowest BCUT2D eigenvalue weighted by Crippen LogP contribution is -2.39. The van der Waals surface area contributed by atoms with Gasteiger partial charge in [-0.1, -0.05) is 38.2 Å².